The molecule has 7 N–H and O–H groups in total. The van der Waals surface area contributed by atoms with Crippen LogP contribution in [0.3, 0.4) is 0 Å². The molecule has 250 valence electrons. The minimum absolute atomic E-state index is 0.0630. The van der Waals surface area contributed by atoms with Gasteiger partial charge >= 0.3 is 5.97 Å². The van der Waals surface area contributed by atoms with Crippen LogP contribution in [0.25, 0.3) is 0 Å². The number of ether oxygens (including phenoxy) is 1. The van der Waals surface area contributed by atoms with E-state index in [1.54, 1.807) is 54.6 Å². The van der Waals surface area contributed by atoms with Crippen molar-refractivity contribution in [3.8, 4) is 11.5 Å². The Balaban J connectivity index is 1.26. The van der Waals surface area contributed by atoms with E-state index in [-0.39, 0.29) is 41.5 Å². The molecule has 14 heteroatoms. The van der Waals surface area contributed by atoms with Crippen LogP contribution in [-0.2, 0) is 29.2 Å². The van der Waals surface area contributed by atoms with Gasteiger partial charge in [0.05, 0.1) is 16.6 Å². The first-order chi connectivity index (χ1) is 22.9. The molecule has 2 atom stereocenters. The Morgan fingerprint density at radius 3 is 2.12 bits per heavy atom. The number of aliphatic carboxylic acids is 1. The lowest BCUT2D eigenvalue weighted by atomic mass is 10.1. The van der Waals surface area contributed by atoms with Crippen LogP contribution < -0.4 is 26.4 Å². The Morgan fingerprint density at radius 1 is 0.792 bits per heavy atom. The third-order valence-electron chi connectivity index (χ3n) is 7.08. The zero-order valence-electron chi connectivity index (χ0n) is 25.2. The van der Waals surface area contributed by atoms with Crippen molar-refractivity contribution in [3.05, 3.63) is 128 Å². The Kier molecular flexibility index (Phi) is 12.6. The fraction of sp³-hybridized carbons (Fsp3) is 0.176. The van der Waals surface area contributed by atoms with Gasteiger partial charge < -0.3 is 36.6 Å². The Labute approximate surface area is 290 Å². The van der Waals surface area contributed by atoms with Gasteiger partial charge in [0.1, 0.15) is 24.1 Å². The standard InChI is InChI=1S/C34H31Cl3N4O7/c35-26-5-2-6-27(36)25(26)18-48-23-10-7-19(8-11-23)14-29(38)33(45)40-17-30(34(46)47)41-32(44)24-12-9-21(15-28(24)37)31(43)39-16-20-3-1-4-22(42)13-20/h1-13,15,29-30,42H,14,16-18,38H2,(H,39,43)(H,40,45)(H,41,44)(H,46,47)/t29-,30-/m0/s1. The number of carbonyl (C=O) groups excluding carboxylic acids is 3. The number of hydrogen-bond donors (Lipinski definition) is 6. The zero-order chi connectivity index (χ0) is 34.8. The average Bonchev–Trinajstić information content (AvgIpc) is 3.05. The van der Waals surface area contributed by atoms with E-state index in [1.807, 2.05) is 0 Å². The lowest BCUT2D eigenvalue weighted by Crippen LogP contribution is -2.51. The number of benzene rings is 4. The first-order valence-corrected chi connectivity index (χ1v) is 15.6. The van der Waals surface area contributed by atoms with Crippen molar-refractivity contribution in [2.75, 3.05) is 6.54 Å². The lowest BCUT2D eigenvalue weighted by Gasteiger charge is -2.18. The van der Waals surface area contributed by atoms with E-state index < -0.39 is 42.3 Å². The summed E-state index contributed by atoms with van der Waals surface area (Å²) in [5.41, 5.74) is 8.22. The minimum atomic E-state index is -1.50. The van der Waals surface area contributed by atoms with Gasteiger partial charge in [-0.2, -0.15) is 0 Å². The molecule has 0 aliphatic rings. The normalized spacial score (nSPS) is 12.0. The summed E-state index contributed by atoms with van der Waals surface area (Å²) < 4.78 is 5.76. The first-order valence-electron chi connectivity index (χ1n) is 14.5. The Hall–Kier alpha value is -4.81. The molecule has 3 amide bonds. The van der Waals surface area contributed by atoms with Gasteiger partial charge in [0.15, 0.2) is 0 Å². The SMILES string of the molecule is N[C@@H](Cc1ccc(OCc2c(Cl)cccc2Cl)cc1)C(=O)NC[C@H](NC(=O)c1ccc(C(=O)NCc2cccc(O)c2)cc1Cl)C(=O)O. The van der Waals surface area contributed by atoms with Crippen molar-refractivity contribution in [1.29, 1.82) is 0 Å². The van der Waals surface area contributed by atoms with Crippen LogP contribution in [-0.4, -0.2) is 52.5 Å². The Morgan fingerprint density at radius 2 is 1.48 bits per heavy atom. The highest BCUT2D eigenvalue weighted by atomic mass is 35.5. The van der Waals surface area contributed by atoms with Crippen LogP contribution in [0.5, 0.6) is 11.5 Å². The van der Waals surface area contributed by atoms with Crippen LogP contribution in [0, 0.1) is 0 Å². The molecule has 0 unspecified atom stereocenters. The summed E-state index contributed by atoms with van der Waals surface area (Å²) in [5, 5.41) is 27.6. The number of nitrogens with one attached hydrogen (secondary N) is 3. The highest BCUT2D eigenvalue weighted by molar-refractivity contribution is 6.36. The van der Waals surface area contributed by atoms with E-state index in [0.29, 0.717) is 26.9 Å². The molecule has 0 spiro atoms. The number of phenolic OH excluding ortho intramolecular Hbond substituents is 1. The van der Waals surface area contributed by atoms with Gasteiger partial charge in [0.2, 0.25) is 5.91 Å². The molecule has 0 saturated heterocycles. The molecule has 4 aromatic rings. The maximum Gasteiger partial charge on any atom is 0.328 e. The van der Waals surface area contributed by atoms with Crippen molar-refractivity contribution in [1.82, 2.24) is 16.0 Å². The number of amides is 3. The zero-order valence-corrected chi connectivity index (χ0v) is 27.5. The van der Waals surface area contributed by atoms with Crippen molar-refractivity contribution in [2.45, 2.75) is 31.7 Å². The molecule has 0 fully saturated rings. The molecule has 4 aromatic carbocycles. The molecule has 0 saturated carbocycles. The monoisotopic (exact) mass is 712 g/mol. The molecule has 48 heavy (non-hydrogen) atoms. The molecule has 0 bridgehead atoms. The van der Waals surface area contributed by atoms with Crippen LogP contribution in [0.2, 0.25) is 15.1 Å². The van der Waals surface area contributed by atoms with Crippen molar-refractivity contribution in [2.24, 2.45) is 5.73 Å². The number of phenols is 1. The second-order valence-electron chi connectivity index (χ2n) is 10.6. The predicted molar refractivity (Wildman–Crippen MR) is 182 cm³/mol. The summed E-state index contributed by atoms with van der Waals surface area (Å²) in [6, 6.07) is 19.9. The van der Waals surface area contributed by atoms with E-state index in [4.69, 9.17) is 45.3 Å². The molecule has 11 nitrogen and oxygen atoms in total. The van der Waals surface area contributed by atoms with E-state index in [0.717, 1.165) is 5.56 Å². The van der Waals surface area contributed by atoms with E-state index in [2.05, 4.69) is 16.0 Å². The summed E-state index contributed by atoms with van der Waals surface area (Å²) in [6.45, 7) is -0.137. The maximum absolute atomic E-state index is 12.9. The van der Waals surface area contributed by atoms with Crippen molar-refractivity contribution < 1.29 is 34.1 Å². The fourth-order valence-electron chi connectivity index (χ4n) is 4.46. The summed E-state index contributed by atoms with van der Waals surface area (Å²) in [4.78, 5) is 50.0. The number of halogens is 3. The largest absolute Gasteiger partial charge is 0.508 e. The van der Waals surface area contributed by atoms with Gasteiger partial charge in [-0.05, 0) is 72.1 Å². The quantitative estimate of drug-likeness (QED) is 0.109. The number of carbonyl (C=O) groups is 4. The molecule has 0 heterocycles. The second-order valence-corrected chi connectivity index (χ2v) is 11.8. The number of aromatic hydroxyl groups is 1. The molecular formula is C34H31Cl3N4O7. The van der Waals surface area contributed by atoms with Crippen LogP contribution in [0.1, 0.15) is 37.4 Å². The molecule has 0 aliphatic carbocycles. The van der Waals surface area contributed by atoms with E-state index in [9.17, 15) is 29.4 Å². The fourth-order valence-corrected chi connectivity index (χ4v) is 5.23. The van der Waals surface area contributed by atoms with Gasteiger partial charge in [0, 0.05) is 34.3 Å². The van der Waals surface area contributed by atoms with Crippen LogP contribution >= 0.6 is 34.8 Å². The third-order valence-corrected chi connectivity index (χ3v) is 8.10. The summed E-state index contributed by atoms with van der Waals surface area (Å²) in [7, 11) is 0. The van der Waals surface area contributed by atoms with Gasteiger partial charge in [-0.25, -0.2) is 4.79 Å². The highest BCUT2D eigenvalue weighted by Gasteiger charge is 2.24. The first kappa shape index (κ1) is 36.0. The summed E-state index contributed by atoms with van der Waals surface area (Å²) >= 11 is 18.6. The molecule has 0 radical (unpaired) electrons. The maximum atomic E-state index is 12.9. The third kappa shape index (κ3) is 10.1. The molecule has 0 aromatic heterocycles. The Bertz CT molecular complexity index is 1780. The lowest BCUT2D eigenvalue weighted by molar-refractivity contribution is -0.139. The number of carboxylic acids is 1. The summed E-state index contributed by atoms with van der Waals surface area (Å²) in [5.74, 6) is -2.70. The van der Waals surface area contributed by atoms with Crippen molar-refractivity contribution in [3.63, 3.8) is 0 Å². The van der Waals surface area contributed by atoms with E-state index in [1.165, 1.54) is 30.3 Å². The molecule has 4 rings (SSSR count). The minimum Gasteiger partial charge on any atom is -0.508 e. The topological polar surface area (TPSA) is 180 Å². The van der Waals surface area contributed by atoms with E-state index >= 15 is 0 Å². The smallest absolute Gasteiger partial charge is 0.328 e. The number of hydrogen-bond acceptors (Lipinski definition) is 7. The van der Waals surface area contributed by atoms with Gasteiger partial charge in [0.25, 0.3) is 11.8 Å². The average molecular weight is 714 g/mol. The van der Waals surface area contributed by atoms with Gasteiger partial charge in [-0.1, -0.05) is 65.1 Å². The number of carboxylic acid groups (broad SMARTS) is 1. The predicted octanol–water partition coefficient (Wildman–Crippen LogP) is 4.73. The number of rotatable bonds is 14. The second kappa shape index (κ2) is 16.8. The van der Waals surface area contributed by atoms with Crippen molar-refractivity contribution >= 4 is 58.5 Å². The molecular weight excluding hydrogens is 683 g/mol. The molecule has 0 aliphatic heterocycles. The summed E-state index contributed by atoms with van der Waals surface area (Å²) in [6.07, 6.45) is 0.149. The van der Waals surface area contributed by atoms with Gasteiger partial charge in [-0.3, -0.25) is 14.4 Å². The highest BCUT2D eigenvalue weighted by Crippen LogP contribution is 2.26. The number of nitrogens with two attached hydrogens (primary N) is 1. The van der Waals surface area contributed by atoms with Crippen LogP contribution in [0.4, 0.5) is 0 Å². The van der Waals surface area contributed by atoms with Crippen LogP contribution in [0.15, 0.2) is 84.9 Å². The van der Waals surface area contributed by atoms with Gasteiger partial charge in [-0.15, -0.1) is 0 Å².